The minimum atomic E-state index is -1.26. The van der Waals surface area contributed by atoms with E-state index < -0.39 is 16.1 Å². The predicted octanol–water partition coefficient (Wildman–Crippen LogP) is 3.37. The van der Waals surface area contributed by atoms with Crippen molar-refractivity contribution in [2.75, 3.05) is 5.73 Å². The Labute approximate surface area is 145 Å². The maximum Gasteiger partial charge on any atom is 0.146 e. The number of benzene rings is 1. The van der Waals surface area contributed by atoms with Gasteiger partial charge in [-0.3, -0.25) is 0 Å². The molecule has 0 saturated carbocycles. The summed E-state index contributed by atoms with van der Waals surface area (Å²) in [6.45, 7) is 7.67. The molecule has 1 aromatic carbocycles. The van der Waals surface area contributed by atoms with Crippen molar-refractivity contribution in [3.05, 3.63) is 41.7 Å². The van der Waals surface area contributed by atoms with Crippen molar-refractivity contribution in [3.8, 4) is 11.3 Å². The Morgan fingerprint density at radius 2 is 2.00 bits per heavy atom. The van der Waals surface area contributed by atoms with Gasteiger partial charge in [-0.2, -0.15) is 0 Å². The summed E-state index contributed by atoms with van der Waals surface area (Å²) in [5, 5.41) is 8.04. The average Bonchev–Trinajstić information content (AvgIpc) is 2.51. The van der Waals surface area contributed by atoms with E-state index in [9.17, 15) is 8.94 Å². The molecule has 0 radical (unpaired) electrons. The monoisotopic (exact) mass is 350 g/mol. The molecule has 0 amide bonds. The van der Waals surface area contributed by atoms with Crippen LogP contribution in [-0.4, -0.2) is 19.5 Å². The lowest BCUT2D eigenvalue weighted by Gasteiger charge is -2.28. The number of anilines is 1. The highest BCUT2D eigenvalue weighted by Gasteiger charge is 2.30. The van der Waals surface area contributed by atoms with E-state index in [1.807, 2.05) is 27.7 Å². The molecule has 0 saturated heterocycles. The highest BCUT2D eigenvalue weighted by Crippen LogP contribution is 2.30. The molecule has 2 rings (SSSR count). The maximum atomic E-state index is 13.6. The average molecular weight is 350 g/mol. The van der Waals surface area contributed by atoms with Crippen LogP contribution in [0.5, 0.6) is 0 Å². The number of nitrogens with two attached hydrogens (primary N) is 1. The van der Waals surface area contributed by atoms with Gasteiger partial charge in [-0.25, -0.2) is 4.39 Å². The van der Waals surface area contributed by atoms with E-state index in [0.717, 1.165) is 5.56 Å². The van der Waals surface area contributed by atoms with E-state index in [1.165, 1.54) is 12.1 Å². The molecule has 1 aromatic heterocycles. The number of nitrogens with one attached hydrogen (secondary N) is 1. The van der Waals surface area contributed by atoms with Crippen LogP contribution in [0.1, 0.15) is 45.7 Å². The molecule has 0 aliphatic carbocycles. The van der Waals surface area contributed by atoms with E-state index in [0.29, 0.717) is 17.7 Å². The number of hydrogen-bond donors (Lipinski definition) is 2. The van der Waals surface area contributed by atoms with Crippen LogP contribution >= 0.6 is 0 Å². The van der Waals surface area contributed by atoms with E-state index in [-0.39, 0.29) is 17.7 Å². The number of rotatable bonds is 5. The number of nitrogens with zero attached hydrogens (tertiary/aromatic N) is 2. The van der Waals surface area contributed by atoms with Crippen LogP contribution in [0.25, 0.3) is 11.3 Å². The zero-order chi connectivity index (χ0) is 17.9. The lowest BCUT2D eigenvalue weighted by atomic mass is 9.99. The minimum absolute atomic E-state index is 0.235. The van der Waals surface area contributed by atoms with Crippen molar-refractivity contribution in [1.82, 2.24) is 14.9 Å². The van der Waals surface area contributed by atoms with E-state index in [2.05, 4.69) is 14.9 Å². The van der Waals surface area contributed by atoms with Crippen molar-refractivity contribution in [1.29, 1.82) is 0 Å². The molecule has 24 heavy (non-hydrogen) atoms. The molecule has 3 N–H and O–H groups in total. The van der Waals surface area contributed by atoms with Gasteiger partial charge < -0.3 is 10.3 Å². The maximum absolute atomic E-state index is 13.6. The van der Waals surface area contributed by atoms with E-state index in [4.69, 9.17) is 5.73 Å². The molecule has 1 heterocycles. The summed E-state index contributed by atoms with van der Waals surface area (Å²) >= 11 is -1.26. The largest absolute Gasteiger partial charge is 0.598 e. The molecule has 0 bridgehead atoms. The second-order valence-corrected chi connectivity index (χ2v) is 8.54. The van der Waals surface area contributed by atoms with Crippen LogP contribution in [0.3, 0.4) is 0 Å². The number of hydrogen-bond acceptors (Lipinski definition) is 5. The molecule has 5 nitrogen and oxygen atoms in total. The van der Waals surface area contributed by atoms with Gasteiger partial charge in [0, 0.05) is 22.5 Å². The van der Waals surface area contributed by atoms with E-state index >= 15 is 0 Å². The summed E-state index contributed by atoms with van der Waals surface area (Å²) in [5.74, 6) is -0.0803. The lowest BCUT2D eigenvalue weighted by molar-refractivity contribution is 0.518. The Morgan fingerprint density at radius 1 is 1.29 bits per heavy atom. The fourth-order valence-corrected chi connectivity index (χ4v) is 3.13. The van der Waals surface area contributed by atoms with Crippen LogP contribution in [-0.2, 0) is 11.4 Å². The summed E-state index contributed by atoms with van der Waals surface area (Å²) in [6, 6.07) is 7.62. The molecule has 2 aromatic rings. The van der Waals surface area contributed by atoms with Crippen LogP contribution < -0.4 is 10.5 Å². The van der Waals surface area contributed by atoms with Crippen molar-refractivity contribution in [2.45, 2.75) is 44.9 Å². The van der Waals surface area contributed by atoms with Crippen LogP contribution in [0.15, 0.2) is 30.3 Å². The van der Waals surface area contributed by atoms with Crippen LogP contribution in [0, 0.1) is 5.82 Å². The van der Waals surface area contributed by atoms with Gasteiger partial charge in [0.1, 0.15) is 16.4 Å². The summed E-state index contributed by atoms with van der Waals surface area (Å²) in [6.07, 6.45) is 0.676. The Bertz CT molecular complexity index is 705. The van der Waals surface area contributed by atoms with Gasteiger partial charge in [-0.1, -0.05) is 19.1 Å². The topological polar surface area (TPSA) is 86.9 Å². The van der Waals surface area contributed by atoms with Crippen molar-refractivity contribution in [2.24, 2.45) is 0 Å². The number of aromatic nitrogens is 2. The molecule has 2 atom stereocenters. The highest BCUT2D eigenvalue weighted by atomic mass is 32.2. The summed E-state index contributed by atoms with van der Waals surface area (Å²) < 4.78 is 28.8. The first-order valence-electron chi connectivity index (χ1n) is 7.79. The van der Waals surface area contributed by atoms with Crippen LogP contribution in [0.4, 0.5) is 10.2 Å². The predicted molar refractivity (Wildman–Crippen MR) is 95.9 cm³/mol. The Hall–Kier alpha value is -1.70. The van der Waals surface area contributed by atoms with Crippen molar-refractivity contribution < 1.29 is 8.94 Å². The quantitative estimate of drug-likeness (QED) is 0.807. The third kappa shape index (κ3) is 4.43. The molecule has 0 aliphatic rings. The standard InChI is InChI=1S/C17H23FN4OS/c1-5-14(22-24(23)17(2,3)4)13-10-15(19)20-21-16(13)11-7-6-8-12(18)9-11/h6-10,14,22H,5H2,1-4H3,(H2,19,20)/t14-,24-/m1/s1. The van der Waals surface area contributed by atoms with Gasteiger partial charge in [0.15, 0.2) is 0 Å². The van der Waals surface area contributed by atoms with Gasteiger partial charge in [0.25, 0.3) is 0 Å². The third-order valence-electron chi connectivity index (χ3n) is 3.53. The van der Waals surface area contributed by atoms with Crippen LogP contribution in [0.2, 0.25) is 0 Å². The molecule has 0 aliphatic heterocycles. The van der Waals surface area contributed by atoms with Crippen molar-refractivity contribution >= 4 is 17.2 Å². The summed E-state index contributed by atoms with van der Waals surface area (Å²) in [5.41, 5.74) is 7.70. The summed E-state index contributed by atoms with van der Waals surface area (Å²) in [4.78, 5) is 0. The first kappa shape index (κ1) is 18.6. The Balaban J connectivity index is 2.45. The zero-order valence-electron chi connectivity index (χ0n) is 14.3. The lowest BCUT2D eigenvalue weighted by Crippen LogP contribution is -2.41. The fraction of sp³-hybridized carbons (Fsp3) is 0.412. The molecular formula is C17H23FN4OS. The minimum Gasteiger partial charge on any atom is -0.598 e. The van der Waals surface area contributed by atoms with Gasteiger partial charge in [-0.15, -0.1) is 14.9 Å². The molecule has 0 unspecified atom stereocenters. The third-order valence-corrected chi connectivity index (χ3v) is 5.14. The molecular weight excluding hydrogens is 327 g/mol. The molecule has 0 spiro atoms. The van der Waals surface area contributed by atoms with Gasteiger partial charge >= 0.3 is 0 Å². The number of nitrogen functional groups attached to an aromatic ring is 1. The SMILES string of the molecule is CC[C@@H](N[S@+]([O-])C(C)(C)C)c1cc(N)nnc1-c1cccc(F)c1. The summed E-state index contributed by atoms with van der Waals surface area (Å²) in [7, 11) is 0. The van der Waals surface area contributed by atoms with Crippen molar-refractivity contribution in [3.63, 3.8) is 0 Å². The van der Waals surface area contributed by atoms with Gasteiger partial charge in [-0.05, 0) is 45.4 Å². The number of halogens is 1. The molecule has 130 valence electrons. The van der Waals surface area contributed by atoms with E-state index in [1.54, 1.807) is 18.2 Å². The first-order chi connectivity index (χ1) is 11.2. The second kappa shape index (κ2) is 7.46. The van der Waals surface area contributed by atoms with Gasteiger partial charge in [0.05, 0.1) is 11.7 Å². The Morgan fingerprint density at radius 3 is 2.58 bits per heavy atom. The zero-order valence-corrected chi connectivity index (χ0v) is 15.2. The first-order valence-corrected chi connectivity index (χ1v) is 8.94. The Kier molecular flexibility index (Phi) is 5.79. The molecule has 7 heteroatoms. The molecule has 0 fully saturated rings. The highest BCUT2D eigenvalue weighted by molar-refractivity contribution is 7.90. The van der Waals surface area contributed by atoms with Gasteiger partial charge in [0.2, 0.25) is 0 Å². The normalized spacial score (nSPS) is 14.4. The fourth-order valence-electron chi connectivity index (χ4n) is 2.22. The smallest absolute Gasteiger partial charge is 0.146 e. The second-order valence-electron chi connectivity index (χ2n) is 6.54.